The molecule has 0 N–H and O–H groups in total. The lowest BCUT2D eigenvalue weighted by atomic mass is 9.80. The summed E-state index contributed by atoms with van der Waals surface area (Å²) in [4.78, 5) is 0. The maximum Gasteiger partial charge on any atom is 0.104 e. The van der Waals surface area contributed by atoms with Crippen molar-refractivity contribution in [2.24, 2.45) is 0 Å². The third-order valence-electron chi connectivity index (χ3n) is 2.99. The Hall–Kier alpha value is -0.920. The SMILES string of the molecule is ClCC(CCl)(Cc1ccco1)c1ccccc1. The van der Waals surface area contributed by atoms with Gasteiger partial charge in [0.25, 0.3) is 0 Å². The average Bonchev–Trinajstić information content (AvgIpc) is 2.90. The molecule has 17 heavy (non-hydrogen) atoms. The minimum Gasteiger partial charge on any atom is -0.469 e. The summed E-state index contributed by atoms with van der Waals surface area (Å²) >= 11 is 12.3. The van der Waals surface area contributed by atoms with Crippen LogP contribution in [0.25, 0.3) is 0 Å². The third kappa shape index (κ3) is 2.67. The molecule has 0 radical (unpaired) electrons. The second-order valence-electron chi connectivity index (χ2n) is 4.17. The predicted molar refractivity (Wildman–Crippen MR) is 72.0 cm³/mol. The highest BCUT2D eigenvalue weighted by molar-refractivity contribution is 6.22. The number of halogens is 2. The Kier molecular flexibility index (Phi) is 4.14. The highest BCUT2D eigenvalue weighted by Crippen LogP contribution is 2.31. The number of furan rings is 1. The van der Waals surface area contributed by atoms with Crippen LogP contribution in [-0.4, -0.2) is 11.8 Å². The van der Waals surface area contributed by atoms with Crippen molar-refractivity contribution in [1.29, 1.82) is 0 Å². The third-order valence-corrected chi connectivity index (χ3v) is 4.01. The van der Waals surface area contributed by atoms with Crippen LogP contribution >= 0.6 is 23.2 Å². The van der Waals surface area contributed by atoms with Gasteiger partial charge in [-0.1, -0.05) is 30.3 Å². The lowest BCUT2D eigenvalue weighted by Gasteiger charge is -2.29. The molecule has 2 rings (SSSR count). The molecule has 90 valence electrons. The monoisotopic (exact) mass is 268 g/mol. The van der Waals surface area contributed by atoms with E-state index in [-0.39, 0.29) is 5.41 Å². The largest absolute Gasteiger partial charge is 0.469 e. The van der Waals surface area contributed by atoms with Crippen molar-refractivity contribution < 1.29 is 4.42 Å². The smallest absolute Gasteiger partial charge is 0.104 e. The summed E-state index contributed by atoms with van der Waals surface area (Å²) in [6.07, 6.45) is 2.39. The fourth-order valence-corrected chi connectivity index (χ4v) is 2.71. The van der Waals surface area contributed by atoms with Crippen LogP contribution < -0.4 is 0 Å². The first-order chi connectivity index (χ1) is 8.30. The zero-order valence-electron chi connectivity index (χ0n) is 9.40. The summed E-state index contributed by atoms with van der Waals surface area (Å²) in [5.41, 5.74) is 0.892. The van der Waals surface area contributed by atoms with Gasteiger partial charge in [0.05, 0.1) is 6.26 Å². The van der Waals surface area contributed by atoms with E-state index in [1.807, 2.05) is 30.3 Å². The predicted octanol–water partition coefficient (Wildman–Crippen LogP) is 4.24. The van der Waals surface area contributed by atoms with E-state index in [4.69, 9.17) is 27.6 Å². The topological polar surface area (TPSA) is 13.1 Å². The second kappa shape index (κ2) is 5.61. The minimum atomic E-state index is -0.262. The highest BCUT2D eigenvalue weighted by Gasteiger charge is 2.31. The molecule has 0 aliphatic carbocycles. The molecule has 1 aromatic carbocycles. The zero-order chi connectivity index (χ0) is 12.1. The number of alkyl halides is 2. The molecule has 1 heterocycles. The van der Waals surface area contributed by atoms with Gasteiger partial charge in [0.2, 0.25) is 0 Å². The van der Waals surface area contributed by atoms with Gasteiger partial charge < -0.3 is 4.42 Å². The number of rotatable bonds is 5. The van der Waals surface area contributed by atoms with E-state index < -0.39 is 0 Å². The molecule has 0 aliphatic heterocycles. The van der Waals surface area contributed by atoms with Gasteiger partial charge in [0, 0.05) is 23.6 Å². The molecule has 0 spiro atoms. The summed E-state index contributed by atoms with van der Waals surface area (Å²) in [7, 11) is 0. The Labute approximate surface area is 111 Å². The van der Waals surface area contributed by atoms with E-state index in [0.717, 1.165) is 17.7 Å². The Morgan fingerprint density at radius 3 is 2.18 bits per heavy atom. The second-order valence-corrected chi connectivity index (χ2v) is 4.70. The van der Waals surface area contributed by atoms with Gasteiger partial charge in [-0.05, 0) is 17.7 Å². The van der Waals surface area contributed by atoms with Crippen LogP contribution in [0, 0.1) is 0 Å². The van der Waals surface area contributed by atoms with Gasteiger partial charge in [0.15, 0.2) is 0 Å². The Balaban J connectivity index is 2.32. The van der Waals surface area contributed by atoms with Crippen LogP contribution in [0.5, 0.6) is 0 Å². The first kappa shape index (κ1) is 12.5. The van der Waals surface area contributed by atoms with Crippen LogP contribution in [0.3, 0.4) is 0 Å². The van der Waals surface area contributed by atoms with E-state index in [1.54, 1.807) is 6.26 Å². The summed E-state index contributed by atoms with van der Waals surface area (Å²) in [6, 6.07) is 14.0. The first-order valence-corrected chi connectivity index (χ1v) is 6.57. The molecule has 0 saturated heterocycles. The van der Waals surface area contributed by atoms with Crippen LogP contribution in [0.2, 0.25) is 0 Å². The first-order valence-electron chi connectivity index (χ1n) is 5.50. The van der Waals surface area contributed by atoms with Crippen molar-refractivity contribution in [3.8, 4) is 0 Å². The molecular weight excluding hydrogens is 255 g/mol. The lowest BCUT2D eigenvalue weighted by Crippen LogP contribution is -2.33. The van der Waals surface area contributed by atoms with Gasteiger partial charge >= 0.3 is 0 Å². The standard InChI is InChI=1S/C14H14Cl2O/c15-10-14(11-16,9-13-7-4-8-17-13)12-5-2-1-3-6-12/h1-8H,9-11H2. The van der Waals surface area contributed by atoms with E-state index in [0.29, 0.717) is 11.8 Å². The summed E-state index contributed by atoms with van der Waals surface area (Å²) in [6.45, 7) is 0. The molecule has 0 bridgehead atoms. The Bertz CT molecular complexity index is 433. The molecule has 3 heteroatoms. The van der Waals surface area contributed by atoms with Crippen LogP contribution in [-0.2, 0) is 11.8 Å². The molecule has 0 fully saturated rings. The van der Waals surface area contributed by atoms with Gasteiger partial charge in [-0.3, -0.25) is 0 Å². The zero-order valence-corrected chi connectivity index (χ0v) is 10.9. The van der Waals surface area contributed by atoms with E-state index in [9.17, 15) is 0 Å². The molecule has 0 unspecified atom stereocenters. The summed E-state index contributed by atoms with van der Waals surface area (Å²) in [5, 5.41) is 0. The number of benzene rings is 1. The van der Waals surface area contributed by atoms with Crippen LogP contribution in [0.4, 0.5) is 0 Å². The molecule has 1 nitrogen and oxygen atoms in total. The van der Waals surface area contributed by atoms with E-state index in [1.165, 1.54) is 0 Å². The number of hydrogen-bond acceptors (Lipinski definition) is 1. The Morgan fingerprint density at radius 2 is 1.65 bits per heavy atom. The molecule has 1 aromatic heterocycles. The average molecular weight is 269 g/mol. The Morgan fingerprint density at radius 1 is 0.941 bits per heavy atom. The summed E-state index contributed by atoms with van der Waals surface area (Å²) in [5.74, 6) is 1.86. The molecule has 0 saturated carbocycles. The van der Waals surface area contributed by atoms with Crippen molar-refractivity contribution in [2.75, 3.05) is 11.8 Å². The highest BCUT2D eigenvalue weighted by atomic mass is 35.5. The normalized spacial score (nSPS) is 11.6. The van der Waals surface area contributed by atoms with Gasteiger partial charge in [-0.15, -0.1) is 23.2 Å². The van der Waals surface area contributed by atoms with Crippen molar-refractivity contribution in [3.63, 3.8) is 0 Å². The van der Waals surface area contributed by atoms with Crippen molar-refractivity contribution in [1.82, 2.24) is 0 Å². The minimum absolute atomic E-state index is 0.262. The maximum atomic E-state index is 6.15. The van der Waals surface area contributed by atoms with Crippen molar-refractivity contribution in [3.05, 3.63) is 60.1 Å². The van der Waals surface area contributed by atoms with Crippen molar-refractivity contribution in [2.45, 2.75) is 11.8 Å². The summed E-state index contributed by atoms with van der Waals surface area (Å²) < 4.78 is 5.40. The van der Waals surface area contributed by atoms with Crippen molar-refractivity contribution >= 4 is 23.2 Å². The molecule has 0 atom stereocenters. The molecule has 0 aliphatic rings. The van der Waals surface area contributed by atoms with Gasteiger partial charge in [-0.25, -0.2) is 0 Å². The van der Waals surface area contributed by atoms with E-state index in [2.05, 4.69) is 12.1 Å². The fourth-order valence-electron chi connectivity index (χ4n) is 1.92. The van der Waals surface area contributed by atoms with E-state index >= 15 is 0 Å². The van der Waals surface area contributed by atoms with Crippen LogP contribution in [0.15, 0.2) is 53.1 Å². The number of hydrogen-bond donors (Lipinski definition) is 0. The van der Waals surface area contributed by atoms with Gasteiger partial charge in [-0.2, -0.15) is 0 Å². The maximum absolute atomic E-state index is 6.15. The molecular formula is C14H14Cl2O. The quantitative estimate of drug-likeness (QED) is 0.740. The molecule has 0 amide bonds. The lowest BCUT2D eigenvalue weighted by molar-refractivity contribution is 0.437. The fraction of sp³-hybridized carbons (Fsp3) is 0.286. The van der Waals surface area contributed by atoms with Gasteiger partial charge in [0.1, 0.15) is 5.76 Å². The van der Waals surface area contributed by atoms with Crippen LogP contribution in [0.1, 0.15) is 11.3 Å². The molecule has 2 aromatic rings.